The Hall–Kier alpha value is -3.13. The number of aryl methyl sites for hydroxylation is 2. The molecule has 168 valence electrons. The Morgan fingerprint density at radius 3 is 2.56 bits per heavy atom. The monoisotopic (exact) mass is 443 g/mol. The Labute approximate surface area is 183 Å². The maximum Gasteiger partial charge on any atom is 0.435 e. The average Bonchev–Trinajstić information content (AvgIpc) is 3.12. The van der Waals surface area contributed by atoms with E-state index < -0.39 is 24.0 Å². The summed E-state index contributed by atoms with van der Waals surface area (Å²) < 4.78 is 41.5. The second kappa shape index (κ2) is 8.09. The van der Waals surface area contributed by atoms with Gasteiger partial charge in [-0.05, 0) is 61.1 Å². The van der Waals surface area contributed by atoms with E-state index >= 15 is 0 Å². The van der Waals surface area contributed by atoms with Crippen molar-refractivity contribution in [3.05, 3.63) is 76.6 Å². The molecule has 2 aromatic carbocycles. The molecule has 1 heterocycles. The number of amides is 1. The Balaban J connectivity index is 1.71. The molecule has 5 nitrogen and oxygen atoms in total. The molecular formula is C24H24F3N3O2. The van der Waals surface area contributed by atoms with Crippen LogP contribution in [0.15, 0.2) is 48.7 Å². The number of alkyl halides is 3. The van der Waals surface area contributed by atoms with E-state index in [4.69, 9.17) is 0 Å². The highest BCUT2D eigenvalue weighted by molar-refractivity contribution is 5.96. The highest BCUT2D eigenvalue weighted by Crippen LogP contribution is 2.42. The Kier molecular flexibility index (Phi) is 5.58. The van der Waals surface area contributed by atoms with Crippen molar-refractivity contribution in [1.82, 2.24) is 15.1 Å². The number of aliphatic hydroxyl groups excluding tert-OH is 1. The van der Waals surface area contributed by atoms with Gasteiger partial charge >= 0.3 is 6.18 Å². The number of nitrogens with zero attached hydrogens (tertiary/aromatic N) is 2. The lowest BCUT2D eigenvalue weighted by molar-refractivity contribution is -0.140. The lowest BCUT2D eigenvalue weighted by Crippen LogP contribution is -2.50. The molecule has 0 unspecified atom stereocenters. The third-order valence-electron chi connectivity index (χ3n) is 5.98. The summed E-state index contributed by atoms with van der Waals surface area (Å²) >= 11 is 0. The number of aromatic nitrogens is 2. The molecule has 0 spiro atoms. The van der Waals surface area contributed by atoms with Crippen molar-refractivity contribution in [3.63, 3.8) is 0 Å². The SMILES string of the molecule is Cc1cccc(C2(NC(=O)c3cc(CO)cc(-c4cn(C)nc4C(F)(F)F)c3)CCC2)c1. The Morgan fingerprint density at radius 1 is 1.22 bits per heavy atom. The Morgan fingerprint density at radius 2 is 1.97 bits per heavy atom. The highest BCUT2D eigenvalue weighted by atomic mass is 19.4. The van der Waals surface area contributed by atoms with Gasteiger partial charge < -0.3 is 10.4 Å². The van der Waals surface area contributed by atoms with Gasteiger partial charge in [0.1, 0.15) is 0 Å². The molecule has 4 rings (SSSR count). The predicted octanol–water partition coefficient (Wildman–Crippen LogP) is 4.72. The number of rotatable bonds is 5. The minimum absolute atomic E-state index is 0.138. The number of aliphatic hydroxyl groups is 1. The smallest absolute Gasteiger partial charge is 0.392 e. The molecule has 1 aliphatic carbocycles. The summed E-state index contributed by atoms with van der Waals surface area (Å²) in [6.45, 7) is 1.58. The molecule has 0 saturated heterocycles. The van der Waals surface area contributed by atoms with Gasteiger partial charge in [-0.15, -0.1) is 0 Å². The zero-order valence-electron chi connectivity index (χ0n) is 17.8. The van der Waals surface area contributed by atoms with Crippen LogP contribution in [0.25, 0.3) is 11.1 Å². The minimum Gasteiger partial charge on any atom is -0.392 e. The Bertz CT molecular complexity index is 1160. The van der Waals surface area contributed by atoms with Crippen LogP contribution >= 0.6 is 0 Å². The highest BCUT2D eigenvalue weighted by Gasteiger charge is 2.41. The zero-order chi connectivity index (χ0) is 23.1. The third-order valence-corrected chi connectivity index (χ3v) is 5.98. The first-order valence-corrected chi connectivity index (χ1v) is 10.4. The molecular weight excluding hydrogens is 419 g/mol. The summed E-state index contributed by atoms with van der Waals surface area (Å²) in [6.07, 6.45) is -0.831. The van der Waals surface area contributed by atoms with Crippen LogP contribution in [0.2, 0.25) is 0 Å². The standard InChI is InChI=1S/C24H24F3N3O2/c1-15-5-3-6-19(9-15)23(7-4-8-23)28-22(32)18-11-16(14-31)10-17(12-18)20-13-30(2)29-21(20)24(25,26)27/h3,5-6,9-13,31H,4,7-8,14H2,1-2H3,(H,28,32). The molecule has 0 radical (unpaired) electrons. The van der Waals surface area contributed by atoms with Gasteiger partial charge in [0.25, 0.3) is 5.91 Å². The number of carbonyl (C=O) groups excluding carboxylic acids is 1. The lowest BCUT2D eigenvalue weighted by Gasteiger charge is -2.43. The molecule has 32 heavy (non-hydrogen) atoms. The summed E-state index contributed by atoms with van der Waals surface area (Å²) in [4.78, 5) is 13.2. The summed E-state index contributed by atoms with van der Waals surface area (Å²) in [6, 6.07) is 12.3. The largest absolute Gasteiger partial charge is 0.435 e. The van der Waals surface area contributed by atoms with E-state index in [0.29, 0.717) is 5.56 Å². The van der Waals surface area contributed by atoms with Crippen molar-refractivity contribution in [1.29, 1.82) is 0 Å². The molecule has 1 aromatic heterocycles. The number of hydrogen-bond acceptors (Lipinski definition) is 3. The van der Waals surface area contributed by atoms with Gasteiger partial charge in [-0.1, -0.05) is 29.8 Å². The van der Waals surface area contributed by atoms with Crippen LogP contribution in [-0.2, 0) is 25.4 Å². The second-order valence-corrected chi connectivity index (χ2v) is 8.40. The quantitative estimate of drug-likeness (QED) is 0.600. The topological polar surface area (TPSA) is 67.2 Å². The van der Waals surface area contributed by atoms with Crippen LogP contribution in [0.4, 0.5) is 13.2 Å². The fourth-order valence-electron chi connectivity index (χ4n) is 4.23. The minimum atomic E-state index is -4.64. The molecule has 1 fully saturated rings. The van der Waals surface area contributed by atoms with Crippen LogP contribution < -0.4 is 5.32 Å². The second-order valence-electron chi connectivity index (χ2n) is 8.40. The average molecular weight is 443 g/mol. The molecule has 0 bridgehead atoms. The van der Waals surface area contributed by atoms with E-state index in [1.807, 2.05) is 31.2 Å². The van der Waals surface area contributed by atoms with E-state index in [2.05, 4.69) is 10.4 Å². The molecule has 3 aromatic rings. The van der Waals surface area contributed by atoms with Gasteiger partial charge in [-0.25, -0.2) is 0 Å². The van der Waals surface area contributed by atoms with Gasteiger partial charge in [-0.3, -0.25) is 9.48 Å². The van der Waals surface area contributed by atoms with E-state index in [0.717, 1.165) is 35.1 Å². The predicted molar refractivity (Wildman–Crippen MR) is 114 cm³/mol. The summed E-state index contributed by atoms with van der Waals surface area (Å²) in [5, 5.41) is 16.3. The van der Waals surface area contributed by atoms with Crippen LogP contribution in [-0.4, -0.2) is 20.8 Å². The number of nitrogens with one attached hydrogen (secondary N) is 1. The molecule has 1 amide bonds. The molecule has 8 heteroatoms. The first kappa shape index (κ1) is 22.1. The van der Waals surface area contributed by atoms with Gasteiger partial charge in [-0.2, -0.15) is 18.3 Å². The number of benzene rings is 2. The van der Waals surface area contributed by atoms with Crippen LogP contribution in [0.1, 0.15) is 52.0 Å². The number of carbonyl (C=O) groups is 1. The maximum absolute atomic E-state index is 13.5. The van der Waals surface area contributed by atoms with E-state index in [1.54, 1.807) is 0 Å². The summed E-state index contributed by atoms with van der Waals surface area (Å²) in [7, 11) is 1.41. The lowest BCUT2D eigenvalue weighted by atomic mass is 9.71. The normalized spacial score (nSPS) is 15.3. The van der Waals surface area contributed by atoms with E-state index in [-0.39, 0.29) is 22.6 Å². The fourth-order valence-corrected chi connectivity index (χ4v) is 4.23. The van der Waals surface area contributed by atoms with Gasteiger partial charge in [0.2, 0.25) is 0 Å². The van der Waals surface area contributed by atoms with Gasteiger partial charge in [0.05, 0.1) is 12.1 Å². The first-order valence-electron chi connectivity index (χ1n) is 10.4. The molecule has 1 aliphatic rings. The van der Waals surface area contributed by atoms with Gasteiger partial charge in [0, 0.05) is 24.4 Å². The molecule has 2 N–H and O–H groups in total. The van der Waals surface area contributed by atoms with Crippen molar-refractivity contribution in [2.45, 2.75) is 44.5 Å². The first-order chi connectivity index (χ1) is 15.1. The summed E-state index contributed by atoms with van der Waals surface area (Å²) in [5.74, 6) is -0.389. The van der Waals surface area contributed by atoms with Crippen molar-refractivity contribution in [3.8, 4) is 11.1 Å². The number of halogens is 3. The maximum atomic E-state index is 13.5. The van der Waals surface area contributed by atoms with Crippen LogP contribution in [0.5, 0.6) is 0 Å². The summed E-state index contributed by atoms with van der Waals surface area (Å²) in [5.41, 5.74) is 1.17. The molecule has 0 aliphatic heterocycles. The van der Waals surface area contributed by atoms with E-state index in [1.165, 1.54) is 31.4 Å². The molecule has 0 atom stereocenters. The zero-order valence-corrected chi connectivity index (χ0v) is 17.8. The number of hydrogen-bond donors (Lipinski definition) is 2. The molecule has 1 saturated carbocycles. The van der Waals surface area contributed by atoms with Crippen molar-refractivity contribution >= 4 is 5.91 Å². The van der Waals surface area contributed by atoms with Gasteiger partial charge in [0.15, 0.2) is 5.69 Å². The van der Waals surface area contributed by atoms with Crippen LogP contribution in [0.3, 0.4) is 0 Å². The van der Waals surface area contributed by atoms with E-state index in [9.17, 15) is 23.1 Å². The van der Waals surface area contributed by atoms with Crippen LogP contribution in [0, 0.1) is 6.92 Å². The fraction of sp³-hybridized carbons (Fsp3) is 0.333. The van der Waals surface area contributed by atoms with Crippen molar-refractivity contribution in [2.75, 3.05) is 0 Å². The third kappa shape index (κ3) is 4.14. The van der Waals surface area contributed by atoms with Crippen molar-refractivity contribution < 1.29 is 23.1 Å². The van der Waals surface area contributed by atoms with Crippen molar-refractivity contribution in [2.24, 2.45) is 7.05 Å².